The Kier molecular flexibility index (Phi) is 6.04. The van der Waals surface area contributed by atoms with Crippen LogP contribution in [0.15, 0.2) is 30.3 Å². The van der Waals surface area contributed by atoms with Crippen LogP contribution in [0.1, 0.15) is 24.4 Å². The number of likely N-dealkylation sites (tertiary alicyclic amines) is 1. The highest BCUT2D eigenvalue weighted by Crippen LogP contribution is 2.35. The first kappa shape index (κ1) is 17.9. The van der Waals surface area contributed by atoms with Crippen LogP contribution in [-0.2, 0) is 14.3 Å². The summed E-state index contributed by atoms with van der Waals surface area (Å²) in [5.74, 6) is -0.0533. The standard InChI is InChI=1S/C19H27N3O3/c1-21-17(23)8-7-16(18(21)15-5-3-2-4-6-15)19(24)20-9-10-22-11-13-25-14-12-22/h2-6,16,18H,7-14H2,1H3,(H,20,24). The number of nitrogens with zero attached hydrogens (tertiary/aromatic N) is 2. The molecule has 2 unspecified atom stereocenters. The molecule has 1 aromatic carbocycles. The summed E-state index contributed by atoms with van der Waals surface area (Å²) >= 11 is 0. The molecule has 2 aliphatic heterocycles. The maximum atomic E-state index is 12.8. The molecule has 0 radical (unpaired) electrons. The van der Waals surface area contributed by atoms with E-state index in [0.717, 1.165) is 38.4 Å². The first-order valence-electron chi connectivity index (χ1n) is 9.05. The van der Waals surface area contributed by atoms with Gasteiger partial charge in [-0.05, 0) is 12.0 Å². The van der Waals surface area contributed by atoms with E-state index in [2.05, 4.69) is 10.2 Å². The molecule has 6 heteroatoms. The summed E-state index contributed by atoms with van der Waals surface area (Å²) in [4.78, 5) is 29.0. The van der Waals surface area contributed by atoms with E-state index < -0.39 is 0 Å². The van der Waals surface area contributed by atoms with Gasteiger partial charge in [-0.15, -0.1) is 0 Å². The number of nitrogens with one attached hydrogen (secondary N) is 1. The van der Waals surface area contributed by atoms with E-state index in [9.17, 15) is 9.59 Å². The number of hydrogen-bond donors (Lipinski definition) is 1. The van der Waals surface area contributed by atoms with Crippen molar-refractivity contribution in [2.24, 2.45) is 5.92 Å². The van der Waals surface area contributed by atoms with Gasteiger partial charge in [-0.25, -0.2) is 0 Å². The summed E-state index contributed by atoms with van der Waals surface area (Å²) in [6.07, 6.45) is 1.04. The van der Waals surface area contributed by atoms with Gasteiger partial charge in [0.2, 0.25) is 11.8 Å². The van der Waals surface area contributed by atoms with Crippen molar-refractivity contribution in [3.8, 4) is 0 Å². The molecule has 1 N–H and O–H groups in total. The summed E-state index contributed by atoms with van der Waals surface area (Å²) in [7, 11) is 1.80. The second kappa shape index (κ2) is 8.45. The number of amides is 2. The van der Waals surface area contributed by atoms with Gasteiger partial charge in [-0.3, -0.25) is 14.5 Å². The van der Waals surface area contributed by atoms with E-state index in [1.54, 1.807) is 11.9 Å². The summed E-state index contributed by atoms with van der Waals surface area (Å²) in [5.41, 5.74) is 1.02. The Hall–Kier alpha value is -1.92. The molecule has 2 amide bonds. The van der Waals surface area contributed by atoms with Crippen LogP contribution in [0.4, 0.5) is 0 Å². The quantitative estimate of drug-likeness (QED) is 0.866. The van der Waals surface area contributed by atoms with E-state index in [-0.39, 0.29) is 23.8 Å². The molecule has 2 fully saturated rings. The van der Waals surface area contributed by atoms with Crippen LogP contribution in [0, 0.1) is 5.92 Å². The molecular weight excluding hydrogens is 318 g/mol. The second-order valence-corrected chi connectivity index (χ2v) is 6.75. The first-order chi connectivity index (χ1) is 12.2. The lowest BCUT2D eigenvalue weighted by molar-refractivity contribution is -0.141. The van der Waals surface area contributed by atoms with Crippen molar-refractivity contribution < 1.29 is 14.3 Å². The summed E-state index contributed by atoms with van der Waals surface area (Å²) in [5, 5.41) is 3.08. The van der Waals surface area contributed by atoms with Gasteiger partial charge in [-0.1, -0.05) is 30.3 Å². The van der Waals surface area contributed by atoms with Gasteiger partial charge in [-0.2, -0.15) is 0 Å². The predicted octanol–water partition coefficient (Wildman–Crippen LogP) is 1.04. The Morgan fingerprint density at radius 3 is 2.68 bits per heavy atom. The van der Waals surface area contributed by atoms with Crippen LogP contribution in [0.3, 0.4) is 0 Å². The highest BCUT2D eigenvalue weighted by molar-refractivity contribution is 5.84. The molecule has 0 bridgehead atoms. The molecule has 2 heterocycles. The van der Waals surface area contributed by atoms with Crippen molar-refractivity contribution in [2.75, 3.05) is 46.4 Å². The van der Waals surface area contributed by atoms with E-state index in [1.165, 1.54) is 0 Å². The average molecular weight is 345 g/mol. The Morgan fingerprint density at radius 1 is 1.24 bits per heavy atom. The zero-order chi connectivity index (χ0) is 17.6. The van der Waals surface area contributed by atoms with Gasteiger partial charge in [0.1, 0.15) is 0 Å². The van der Waals surface area contributed by atoms with Gasteiger partial charge in [0.15, 0.2) is 0 Å². The third-order valence-corrected chi connectivity index (χ3v) is 5.17. The molecule has 0 saturated carbocycles. The SMILES string of the molecule is CN1C(=O)CCC(C(=O)NCCN2CCOCC2)C1c1ccccc1. The highest BCUT2D eigenvalue weighted by atomic mass is 16.5. The summed E-state index contributed by atoms with van der Waals surface area (Å²) in [6, 6.07) is 9.66. The number of piperidine rings is 1. The smallest absolute Gasteiger partial charge is 0.225 e. The third-order valence-electron chi connectivity index (χ3n) is 5.17. The summed E-state index contributed by atoms with van der Waals surface area (Å²) < 4.78 is 5.34. The molecule has 2 aliphatic rings. The minimum Gasteiger partial charge on any atom is -0.379 e. The number of rotatable bonds is 5. The van der Waals surface area contributed by atoms with Crippen LogP contribution >= 0.6 is 0 Å². The van der Waals surface area contributed by atoms with Crippen molar-refractivity contribution >= 4 is 11.8 Å². The monoisotopic (exact) mass is 345 g/mol. The van der Waals surface area contributed by atoms with E-state index in [1.807, 2.05) is 30.3 Å². The lowest BCUT2D eigenvalue weighted by Crippen LogP contribution is -2.48. The Balaban J connectivity index is 1.61. The fourth-order valence-corrected chi connectivity index (χ4v) is 3.71. The lowest BCUT2D eigenvalue weighted by Gasteiger charge is -2.38. The van der Waals surface area contributed by atoms with Crippen molar-refractivity contribution in [2.45, 2.75) is 18.9 Å². The molecule has 0 aliphatic carbocycles. The molecule has 3 rings (SSSR count). The van der Waals surface area contributed by atoms with Crippen LogP contribution in [0.25, 0.3) is 0 Å². The molecule has 0 aromatic heterocycles. The van der Waals surface area contributed by atoms with Crippen molar-refractivity contribution in [3.63, 3.8) is 0 Å². The molecule has 1 aromatic rings. The van der Waals surface area contributed by atoms with Crippen LogP contribution in [0.5, 0.6) is 0 Å². The minimum absolute atomic E-state index is 0.0430. The van der Waals surface area contributed by atoms with Gasteiger partial charge >= 0.3 is 0 Å². The zero-order valence-corrected chi connectivity index (χ0v) is 14.8. The Labute approximate surface area is 149 Å². The fourth-order valence-electron chi connectivity index (χ4n) is 3.71. The highest BCUT2D eigenvalue weighted by Gasteiger charge is 2.38. The van der Waals surface area contributed by atoms with Crippen molar-refractivity contribution in [3.05, 3.63) is 35.9 Å². The van der Waals surface area contributed by atoms with Gasteiger partial charge < -0.3 is 15.0 Å². The number of carbonyl (C=O) groups excluding carboxylic acids is 2. The van der Waals surface area contributed by atoms with Crippen molar-refractivity contribution in [1.29, 1.82) is 0 Å². The van der Waals surface area contributed by atoms with Gasteiger partial charge in [0.05, 0.1) is 25.2 Å². The van der Waals surface area contributed by atoms with E-state index >= 15 is 0 Å². The molecule has 25 heavy (non-hydrogen) atoms. The van der Waals surface area contributed by atoms with E-state index in [0.29, 0.717) is 19.4 Å². The normalized spacial score (nSPS) is 25.0. The number of carbonyl (C=O) groups is 2. The van der Waals surface area contributed by atoms with E-state index in [4.69, 9.17) is 4.74 Å². The van der Waals surface area contributed by atoms with Gasteiger partial charge in [0, 0.05) is 39.6 Å². The second-order valence-electron chi connectivity index (χ2n) is 6.75. The lowest BCUT2D eigenvalue weighted by atomic mass is 9.84. The van der Waals surface area contributed by atoms with Crippen molar-refractivity contribution in [1.82, 2.24) is 15.1 Å². The average Bonchev–Trinajstić information content (AvgIpc) is 2.65. The maximum Gasteiger partial charge on any atom is 0.225 e. The van der Waals surface area contributed by atoms with Gasteiger partial charge in [0.25, 0.3) is 0 Å². The fraction of sp³-hybridized carbons (Fsp3) is 0.579. The zero-order valence-electron chi connectivity index (χ0n) is 14.8. The maximum absolute atomic E-state index is 12.8. The largest absolute Gasteiger partial charge is 0.379 e. The minimum atomic E-state index is -0.199. The number of benzene rings is 1. The predicted molar refractivity (Wildman–Crippen MR) is 94.9 cm³/mol. The molecule has 2 atom stereocenters. The Morgan fingerprint density at radius 2 is 1.96 bits per heavy atom. The first-order valence-corrected chi connectivity index (χ1v) is 9.05. The molecule has 2 saturated heterocycles. The topological polar surface area (TPSA) is 61.9 Å². The third kappa shape index (κ3) is 4.38. The van der Waals surface area contributed by atoms with Crippen LogP contribution in [-0.4, -0.2) is 68.1 Å². The molecule has 0 spiro atoms. The van der Waals surface area contributed by atoms with Crippen LogP contribution in [0.2, 0.25) is 0 Å². The Bertz CT molecular complexity index is 587. The molecular formula is C19H27N3O3. The number of ether oxygens (including phenoxy) is 1. The number of morpholine rings is 1. The number of hydrogen-bond acceptors (Lipinski definition) is 4. The molecule has 6 nitrogen and oxygen atoms in total. The van der Waals surface area contributed by atoms with Crippen LogP contribution < -0.4 is 5.32 Å². The summed E-state index contributed by atoms with van der Waals surface area (Å²) in [6.45, 7) is 4.84. The molecule has 136 valence electrons.